The summed E-state index contributed by atoms with van der Waals surface area (Å²) in [5.74, 6) is 0.479. The number of fused-ring (bicyclic) bond motifs is 1. The molecule has 7 heteroatoms. The molecule has 5 N–H and O–H groups in total. The molecule has 1 aromatic heterocycles. The molecule has 1 saturated heterocycles. The van der Waals surface area contributed by atoms with E-state index in [-0.39, 0.29) is 18.5 Å². The summed E-state index contributed by atoms with van der Waals surface area (Å²) in [6.07, 6.45) is -4.57. The molecule has 4 atom stereocenters. The Labute approximate surface area is 128 Å². The highest BCUT2D eigenvalue weighted by atomic mass is 16.5. The largest absolute Gasteiger partial charge is 0.388 e. The van der Waals surface area contributed by atoms with Crippen molar-refractivity contribution in [3.8, 4) is 0 Å². The fourth-order valence-corrected chi connectivity index (χ4v) is 2.91. The number of aliphatic hydroxyl groups excluding tert-OH is 3. The summed E-state index contributed by atoms with van der Waals surface area (Å²) in [5.41, 5.74) is 8.55. The summed E-state index contributed by atoms with van der Waals surface area (Å²) >= 11 is 0. The monoisotopic (exact) mass is 307 g/mol. The molecule has 0 spiro atoms. The Hall–Kier alpha value is -1.67. The first-order chi connectivity index (χ1) is 10.4. The van der Waals surface area contributed by atoms with Crippen molar-refractivity contribution in [2.45, 2.75) is 44.3 Å². The predicted molar refractivity (Wildman–Crippen MR) is 81.2 cm³/mol. The molecule has 0 bridgehead atoms. The van der Waals surface area contributed by atoms with E-state index >= 15 is 0 Å². The Kier molecular flexibility index (Phi) is 3.82. The molecular weight excluding hydrogens is 286 g/mol. The van der Waals surface area contributed by atoms with Gasteiger partial charge in [0, 0.05) is 0 Å². The van der Waals surface area contributed by atoms with E-state index in [2.05, 4.69) is 18.8 Å². The standard InChI is InChI=1S/C15H21N3O4/c1-7(2)8-4-3-5-9-11(8)17-15(16)18(9)14-13(21)12(20)10(19)6-22-14/h3-5,7,10,12-14,19-21H,6H2,1-2H3,(H2,16,17)/t10-,12-,13-,14-/m0/s1. The van der Waals surface area contributed by atoms with E-state index in [1.165, 1.54) is 0 Å². The van der Waals surface area contributed by atoms with Crippen molar-refractivity contribution in [3.05, 3.63) is 23.8 Å². The van der Waals surface area contributed by atoms with Crippen LogP contribution in [0.5, 0.6) is 0 Å². The third-order valence-corrected chi connectivity index (χ3v) is 4.13. The van der Waals surface area contributed by atoms with E-state index in [1.807, 2.05) is 18.2 Å². The minimum absolute atomic E-state index is 0.0775. The van der Waals surface area contributed by atoms with E-state index in [0.717, 1.165) is 16.6 Å². The quantitative estimate of drug-likeness (QED) is 0.637. The van der Waals surface area contributed by atoms with Gasteiger partial charge in [-0.05, 0) is 17.5 Å². The number of ether oxygens (including phenoxy) is 1. The Morgan fingerprint density at radius 3 is 2.68 bits per heavy atom. The van der Waals surface area contributed by atoms with E-state index in [4.69, 9.17) is 10.5 Å². The molecule has 0 amide bonds. The smallest absolute Gasteiger partial charge is 0.203 e. The second kappa shape index (κ2) is 5.51. The first-order valence-corrected chi connectivity index (χ1v) is 7.34. The van der Waals surface area contributed by atoms with Crippen LogP contribution in [0.15, 0.2) is 18.2 Å². The van der Waals surface area contributed by atoms with Gasteiger partial charge in [0.1, 0.15) is 18.3 Å². The number of nitrogens with zero attached hydrogens (tertiary/aromatic N) is 2. The molecule has 0 aliphatic carbocycles. The molecule has 1 fully saturated rings. The zero-order valence-corrected chi connectivity index (χ0v) is 12.5. The van der Waals surface area contributed by atoms with Gasteiger partial charge < -0.3 is 25.8 Å². The third kappa shape index (κ3) is 2.26. The topological polar surface area (TPSA) is 114 Å². The van der Waals surface area contributed by atoms with E-state index in [1.54, 1.807) is 4.57 Å². The van der Waals surface area contributed by atoms with Crippen LogP contribution in [0, 0.1) is 0 Å². The van der Waals surface area contributed by atoms with E-state index < -0.39 is 24.5 Å². The second-order valence-corrected chi connectivity index (χ2v) is 5.98. The molecule has 1 aliphatic rings. The number of nitrogen functional groups attached to an aromatic ring is 1. The fourth-order valence-electron chi connectivity index (χ4n) is 2.91. The molecule has 1 aliphatic heterocycles. The van der Waals surface area contributed by atoms with Gasteiger partial charge in [-0.3, -0.25) is 4.57 Å². The number of hydrogen-bond acceptors (Lipinski definition) is 6. The van der Waals surface area contributed by atoms with Crippen LogP contribution < -0.4 is 5.73 Å². The van der Waals surface area contributed by atoms with Gasteiger partial charge in [0.2, 0.25) is 5.95 Å². The number of benzene rings is 1. The van der Waals surface area contributed by atoms with Crippen LogP contribution in [0.2, 0.25) is 0 Å². The molecule has 22 heavy (non-hydrogen) atoms. The zero-order valence-electron chi connectivity index (χ0n) is 12.5. The zero-order chi connectivity index (χ0) is 16.0. The summed E-state index contributed by atoms with van der Waals surface area (Å²) in [6, 6.07) is 5.73. The third-order valence-electron chi connectivity index (χ3n) is 4.13. The van der Waals surface area contributed by atoms with Crippen molar-refractivity contribution in [1.82, 2.24) is 9.55 Å². The van der Waals surface area contributed by atoms with Crippen LogP contribution in [-0.4, -0.2) is 49.8 Å². The van der Waals surface area contributed by atoms with Crippen molar-refractivity contribution in [3.63, 3.8) is 0 Å². The number of anilines is 1. The van der Waals surface area contributed by atoms with E-state index in [9.17, 15) is 15.3 Å². The predicted octanol–water partition coefficient (Wildman–Crippen LogP) is 0.353. The summed E-state index contributed by atoms with van der Waals surface area (Å²) in [6.45, 7) is 4.05. The van der Waals surface area contributed by atoms with Crippen LogP contribution in [0.1, 0.15) is 31.6 Å². The maximum Gasteiger partial charge on any atom is 0.203 e. The average molecular weight is 307 g/mol. The van der Waals surface area contributed by atoms with Gasteiger partial charge in [-0.1, -0.05) is 26.0 Å². The lowest BCUT2D eigenvalue weighted by molar-refractivity contribution is -0.209. The van der Waals surface area contributed by atoms with Crippen molar-refractivity contribution in [2.75, 3.05) is 12.3 Å². The molecule has 2 aromatic rings. The van der Waals surface area contributed by atoms with Gasteiger partial charge in [0.05, 0.1) is 17.6 Å². The summed E-state index contributed by atoms with van der Waals surface area (Å²) in [5, 5.41) is 29.6. The van der Waals surface area contributed by atoms with Crippen LogP contribution in [0.3, 0.4) is 0 Å². The first-order valence-electron chi connectivity index (χ1n) is 7.34. The van der Waals surface area contributed by atoms with Crippen LogP contribution in [-0.2, 0) is 4.74 Å². The molecule has 1 aromatic carbocycles. The lowest BCUT2D eigenvalue weighted by Gasteiger charge is -2.36. The van der Waals surface area contributed by atoms with Gasteiger partial charge >= 0.3 is 0 Å². The molecule has 0 unspecified atom stereocenters. The number of imidazole rings is 1. The second-order valence-electron chi connectivity index (χ2n) is 5.98. The Bertz CT molecular complexity index is 685. The number of aliphatic hydroxyl groups is 3. The Balaban J connectivity index is 2.12. The number of rotatable bonds is 2. The summed E-state index contributed by atoms with van der Waals surface area (Å²) < 4.78 is 7.06. The highest BCUT2D eigenvalue weighted by Crippen LogP contribution is 2.33. The summed E-state index contributed by atoms with van der Waals surface area (Å²) in [7, 11) is 0. The minimum Gasteiger partial charge on any atom is -0.388 e. The van der Waals surface area contributed by atoms with Crippen molar-refractivity contribution in [2.24, 2.45) is 0 Å². The normalized spacial score (nSPS) is 29.4. The highest BCUT2D eigenvalue weighted by molar-refractivity contribution is 5.82. The molecular formula is C15H21N3O4. The SMILES string of the molecule is CC(C)c1cccc2c1nc(N)n2[C@H]1OC[C@H](O)[C@H](O)[C@@H]1O. The molecule has 2 heterocycles. The average Bonchev–Trinajstić information content (AvgIpc) is 2.81. The number of hydrogen-bond donors (Lipinski definition) is 4. The lowest BCUT2D eigenvalue weighted by Crippen LogP contribution is -2.50. The minimum atomic E-state index is -1.29. The fraction of sp³-hybridized carbons (Fsp3) is 0.533. The van der Waals surface area contributed by atoms with Gasteiger partial charge in [-0.25, -0.2) is 4.98 Å². The van der Waals surface area contributed by atoms with Gasteiger partial charge in [0.15, 0.2) is 6.23 Å². The molecule has 0 saturated carbocycles. The maximum atomic E-state index is 10.2. The molecule has 3 rings (SSSR count). The molecule has 120 valence electrons. The molecule has 0 radical (unpaired) electrons. The number of aromatic nitrogens is 2. The Morgan fingerprint density at radius 1 is 1.27 bits per heavy atom. The van der Waals surface area contributed by atoms with Crippen LogP contribution in [0.25, 0.3) is 11.0 Å². The highest BCUT2D eigenvalue weighted by Gasteiger charge is 2.40. The molecule has 7 nitrogen and oxygen atoms in total. The lowest BCUT2D eigenvalue weighted by atomic mass is 10.0. The first kappa shape index (κ1) is 15.2. The number of nitrogens with two attached hydrogens (primary N) is 1. The van der Waals surface area contributed by atoms with Crippen molar-refractivity contribution < 1.29 is 20.1 Å². The van der Waals surface area contributed by atoms with Crippen LogP contribution in [0.4, 0.5) is 5.95 Å². The number of para-hydroxylation sites is 1. The van der Waals surface area contributed by atoms with Gasteiger partial charge in [-0.15, -0.1) is 0 Å². The maximum absolute atomic E-state index is 10.2. The van der Waals surface area contributed by atoms with Crippen molar-refractivity contribution >= 4 is 17.0 Å². The van der Waals surface area contributed by atoms with E-state index in [0.29, 0.717) is 0 Å². The van der Waals surface area contributed by atoms with Crippen LogP contribution >= 0.6 is 0 Å². The van der Waals surface area contributed by atoms with Crippen molar-refractivity contribution in [1.29, 1.82) is 0 Å². The van der Waals surface area contributed by atoms with Gasteiger partial charge in [-0.2, -0.15) is 0 Å². The van der Waals surface area contributed by atoms with Gasteiger partial charge in [0.25, 0.3) is 0 Å². The summed E-state index contributed by atoms with van der Waals surface area (Å²) in [4.78, 5) is 4.39. The Morgan fingerprint density at radius 2 is 2.00 bits per heavy atom.